The molecular weight excluding hydrogens is 220 g/mol. The van der Waals surface area contributed by atoms with Gasteiger partial charge in [0.1, 0.15) is 0 Å². The van der Waals surface area contributed by atoms with Gasteiger partial charge in [-0.1, -0.05) is 53.5 Å². The van der Waals surface area contributed by atoms with Crippen molar-refractivity contribution >= 4 is 5.78 Å². The molecule has 0 aromatic rings. The Morgan fingerprint density at radius 3 is 2.39 bits per heavy atom. The van der Waals surface area contributed by atoms with Gasteiger partial charge in [0.2, 0.25) is 0 Å². The van der Waals surface area contributed by atoms with Gasteiger partial charge in [0.15, 0.2) is 5.78 Å². The molecule has 0 amide bonds. The zero-order valence-electron chi connectivity index (χ0n) is 13.2. The molecule has 1 nitrogen and oxygen atoms in total. The minimum atomic E-state index is 0.294. The Hall–Kier alpha value is -0.590. The molecular formula is C17H32O. The number of ketones is 1. The van der Waals surface area contributed by atoms with Crippen molar-refractivity contribution in [1.82, 2.24) is 0 Å². The molecule has 0 spiro atoms. The first-order chi connectivity index (χ1) is 8.56. The fourth-order valence-electron chi connectivity index (χ4n) is 3.07. The third-order valence-corrected chi connectivity index (χ3v) is 3.86. The Bertz CT molecular complexity index is 252. The van der Waals surface area contributed by atoms with Crippen molar-refractivity contribution in [3.63, 3.8) is 0 Å². The van der Waals surface area contributed by atoms with Gasteiger partial charge in [-0.2, -0.15) is 0 Å². The van der Waals surface area contributed by atoms with E-state index in [0.29, 0.717) is 23.5 Å². The largest absolute Gasteiger partial charge is 0.295 e. The van der Waals surface area contributed by atoms with Gasteiger partial charge in [-0.05, 0) is 43.6 Å². The van der Waals surface area contributed by atoms with Gasteiger partial charge in [0.05, 0.1) is 0 Å². The molecule has 0 aromatic heterocycles. The summed E-state index contributed by atoms with van der Waals surface area (Å²) in [7, 11) is 0. The summed E-state index contributed by atoms with van der Waals surface area (Å²) in [5.74, 6) is 2.68. The summed E-state index contributed by atoms with van der Waals surface area (Å²) in [4.78, 5) is 12.0. The van der Waals surface area contributed by atoms with E-state index in [1.807, 2.05) is 26.8 Å². The Balaban J connectivity index is 0.00000137. The minimum absolute atomic E-state index is 0.294. The lowest BCUT2D eigenvalue weighted by molar-refractivity contribution is -0.122. The molecule has 1 fully saturated rings. The minimum Gasteiger partial charge on any atom is -0.295 e. The predicted molar refractivity (Wildman–Crippen MR) is 80.6 cm³/mol. The lowest BCUT2D eigenvalue weighted by Crippen LogP contribution is -2.32. The van der Waals surface area contributed by atoms with Crippen LogP contribution >= 0.6 is 0 Å². The highest BCUT2D eigenvalue weighted by Gasteiger charge is 2.34. The maximum Gasteiger partial charge on any atom is 0.158 e. The molecule has 1 saturated carbocycles. The first-order valence-electron chi connectivity index (χ1n) is 7.72. The highest BCUT2D eigenvalue weighted by atomic mass is 16.1. The van der Waals surface area contributed by atoms with Gasteiger partial charge >= 0.3 is 0 Å². The van der Waals surface area contributed by atoms with Crippen molar-refractivity contribution in [1.29, 1.82) is 0 Å². The van der Waals surface area contributed by atoms with Crippen LogP contribution in [0.2, 0.25) is 0 Å². The fraction of sp³-hybridized carbons (Fsp3) is 0.824. The van der Waals surface area contributed by atoms with Crippen LogP contribution in [-0.2, 0) is 4.79 Å². The highest BCUT2D eigenvalue weighted by molar-refractivity contribution is 5.91. The lowest BCUT2D eigenvalue weighted by Gasteiger charge is -2.36. The van der Waals surface area contributed by atoms with Crippen LogP contribution in [0.15, 0.2) is 12.2 Å². The van der Waals surface area contributed by atoms with Crippen LogP contribution in [0.1, 0.15) is 67.2 Å². The molecule has 0 aliphatic heterocycles. The third-order valence-electron chi connectivity index (χ3n) is 3.86. The number of carbonyl (C=O) groups is 1. The molecule has 0 N–H and O–H groups in total. The van der Waals surface area contributed by atoms with E-state index in [0.717, 1.165) is 12.3 Å². The van der Waals surface area contributed by atoms with Gasteiger partial charge in [-0.25, -0.2) is 0 Å². The highest BCUT2D eigenvalue weighted by Crippen LogP contribution is 2.39. The van der Waals surface area contributed by atoms with Crippen molar-refractivity contribution in [2.75, 3.05) is 0 Å². The molecule has 0 saturated heterocycles. The summed E-state index contributed by atoms with van der Waals surface area (Å²) in [6.07, 6.45) is 8.49. The average molecular weight is 252 g/mol. The Labute approximate surface area is 114 Å². The molecule has 0 heterocycles. The second kappa shape index (κ2) is 9.35. The maximum absolute atomic E-state index is 12.0. The molecule has 0 bridgehead atoms. The van der Waals surface area contributed by atoms with Gasteiger partial charge in [-0.3, -0.25) is 4.79 Å². The van der Waals surface area contributed by atoms with Crippen molar-refractivity contribution in [2.24, 2.45) is 23.7 Å². The maximum atomic E-state index is 12.0. The van der Waals surface area contributed by atoms with Crippen LogP contribution in [0.25, 0.3) is 0 Å². The van der Waals surface area contributed by atoms with Crippen LogP contribution in [0.3, 0.4) is 0 Å². The molecule has 0 radical (unpaired) electrons. The first-order valence-corrected chi connectivity index (χ1v) is 7.72. The lowest BCUT2D eigenvalue weighted by atomic mass is 9.68. The second-order valence-electron chi connectivity index (χ2n) is 5.71. The Kier molecular flexibility index (Phi) is 9.05. The van der Waals surface area contributed by atoms with Gasteiger partial charge in [-0.15, -0.1) is 0 Å². The zero-order chi connectivity index (χ0) is 14.1. The third kappa shape index (κ3) is 5.37. The van der Waals surface area contributed by atoms with Gasteiger partial charge in [0.25, 0.3) is 0 Å². The van der Waals surface area contributed by atoms with E-state index >= 15 is 0 Å². The normalized spacial score (nSPS) is 28.1. The molecule has 1 rings (SSSR count). The van der Waals surface area contributed by atoms with Gasteiger partial charge < -0.3 is 0 Å². The van der Waals surface area contributed by atoms with Crippen molar-refractivity contribution in [3.8, 4) is 0 Å². The van der Waals surface area contributed by atoms with E-state index < -0.39 is 0 Å². The van der Waals surface area contributed by atoms with Crippen LogP contribution in [-0.4, -0.2) is 5.78 Å². The SMILES string of the molecule is C/C=C/C(=O)C1CCCC(C)C1CC(C)C.CC. The summed E-state index contributed by atoms with van der Waals surface area (Å²) in [5, 5.41) is 0. The fourth-order valence-corrected chi connectivity index (χ4v) is 3.07. The molecule has 106 valence electrons. The number of carbonyl (C=O) groups excluding carboxylic acids is 1. The van der Waals surface area contributed by atoms with Crippen LogP contribution in [0.5, 0.6) is 0 Å². The van der Waals surface area contributed by atoms with E-state index in [9.17, 15) is 4.79 Å². The molecule has 18 heavy (non-hydrogen) atoms. The first kappa shape index (κ1) is 17.4. The van der Waals surface area contributed by atoms with E-state index in [1.54, 1.807) is 6.08 Å². The zero-order valence-corrected chi connectivity index (χ0v) is 13.2. The summed E-state index contributed by atoms with van der Waals surface area (Å²) < 4.78 is 0. The summed E-state index contributed by atoms with van der Waals surface area (Å²) >= 11 is 0. The molecule has 1 heteroatoms. The van der Waals surface area contributed by atoms with Crippen LogP contribution < -0.4 is 0 Å². The second-order valence-corrected chi connectivity index (χ2v) is 5.71. The van der Waals surface area contributed by atoms with Crippen LogP contribution in [0, 0.1) is 23.7 Å². The molecule has 3 atom stereocenters. The molecule has 0 aromatic carbocycles. The quantitative estimate of drug-likeness (QED) is 0.624. The topological polar surface area (TPSA) is 17.1 Å². The van der Waals surface area contributed by atoms with E-state index in [2.05, 4.69) is 20.8 Å². The van der Waals surface area contributed by atoms with E-state index in [-0.39, 0.29) is 0 Å². The van der Waals surface area contributed by atoms with Crippen molar-refractivity contribution in [3.05, 3.63) is 12.2 Å². The van der Waals surface area contributed by atoms with E-state index in [4.69, 9.17) is 0 Å². The summed E-state index contributed by atoms with van der Waals surface area (Å²) in [6, 6.07) is 0. The van der Waals surface area contributed by atoms with Gasteiger partial charge in [0, 0.05) is 5.92 Å². The summed E-state index contributed by atoms with van der Waals surface area (Å²) in [5.41, 5.74) is 0. The number of hydrogen-bond acceptors (Lipinski definition) is 1. The van der Waals surface area contributed by atoms with Crippen molar-refractivity contribution in [2.45, 2.75) is 67.2 Å². The predicted octanol–water partition coefficient (Wildman–Crippen LogP) is 5.26. The Morgan fingerprint density at radius 2 is 1.89 bits per heavy atom. The van der Waals surface area contributed by atoms with Crippen molar-refractivity contribution < 1.29 is 4.79 Å². The number of hydrogen-bond donors (Lipinski definition) is 0. The van der Waals surface area contributed by atoms with E-state index in [1.165, 1.54) is 19.3 Å². The Morgan fingerprint density at radius 1 is 1.28 bits per heavy atom. The summed E-state index contributed by atoms with van der Waals surface area (Å²) in [6.45, 7) is 12.8. The standard InChI is InChI=1S/C15H26O.C2H6/c1-5-7-15(16)13-9-6-8-12(4)14(13)10-11(2)3;1-2/h5,7,11-14H,6,8-10H2,1-4H3;1-2H3/b7-5+;. The smallest absolute Gasteiger partial charge is 0.158 e. The van der Waals surface area contributed by atoms with Crippen LogP contribution in [0.4, 0.5) is 0 Å². The number of allylic oxidation sites excluding steroid dienone is 2. The number of rotatable bonds is 4. The molecule has 3 unspecified atom stereocenters. The average Bonchev–Trinajstić information content (AvgIpc) is 2.34. The molecule has 1 aliphatic carbocycles. The monoisotopic (exact) mass is 252 g/mol. The molecule has 1 aliphatic rings.